The lowest BCUT2D eigenvalue weighted by atomic mass is 10.0. The van der Waals surface area contributed by atoms with Crippen LogP contribution in [0, 0.1) is 5.82 Å². The lowest BCUT2D eigenvalue weighted by Gasteiger charge is -2.11. The monoisotopic (exact) mass is 266 g/mol. The molecule has 19 heavy (non-hydrogen) atoms. The van der Waals surface area contributed by atoms with Crippen molar-refractivity contribution in [2.24, 2.45) is 5.73 Å². The second-order valence-corrected chi connectivity index (χ2v) is 5.24. The molecule has 2 N–H and O–H groups in total. The topological polar surface area (TPSA) is 38.9 Å². The molecule has 0 radical (unpaired) electrons. The van der Waals surface area contributed by atoms with Gasteiger partial charge in [-0.2, -0.15) is 0 Å². The Morgan fingerprint density at radius 2 is 1.74 bits per heavy atom. The summed E-state index contributed by atoms with van der Waals surface area (Å²) in [4.78, 5) is 4.03. The van der Waals surface area contributed by atoms with E-state index in [2.05, 4.69) is 11.9 Å². The summed E-state index contributed by atoms with van der Waals surface area (Å²) in [5.74, 6) is -0.283. The Labute approximate surface area is 116 Å². The van der Waals surface area contributed by atoms with Crippen LogP contribution in [0.3, 0.4) is 0 Å². The average Bonchev–Trinajstić information content (AvgIpc) is 2.42. The highest BCUT2D eigenvalue weighted by molar-refractivity contribution is 5.10. The summed E-state index contributed by atoms with van der Waals surface area (Å²) in [6, 6.07) is 2.76. The molecule has 0 aliphatic heterocycles. The Bertz CT molecular complexity index is 341. The van der Waals surface area contributed by atoms with Gasteiger partial charge in [0.15, 0.2) is 0 Å². The summed E-state index contributed by atoms with van der Waals surface area (Å²) >= 11 is 0. The van der Waals surface area contributed by atoms with Gasteiger partial charge < -0.3 is 5.73 Å². The van der Waals surface area contributed by atoms with Gasteiger partial charge in [0.1, 0.15) is 5.82 Å². The van der Waals surface area contributed by atoms with Crippen LogP contribution in [0.4, 0.5) is 4.39 Å². The van der Waals surface area contributed by atoms with Gasteiger partial charge in [0.2, 0.25) is 0 Å². The third-order valence-electron chi connectivity index (χ3n) is 3.51. The van der Waals surface area contributed by atoms with Crippen molar-refractivity contribution in [1.29, 1.82) is 0 Å². The predicted octanol–water partition coefficient (Wildman–Crippen LogP) is 4.75. The lowest BCUT2D eigenvalue weighted by molar-refractivity contribution is 0.508. The Balaban J connectivity index is 2.08. The number of hydrogen-bond donors (Lipinski definition) is 1. The predicted molar refractivity (Wildman–Crippen MR) is 78.4 cm³/mol. The van der Waals surface area contributed by atoms with Crippen LogP contribution in [-0.2, 0) is 0 Å². The maximum atomic E-state index is 13.4. The van der Waals surface area contributed by atoms with E-state index in [4.69, 9.17) is 5.73 Å². The van der Waals surface area contributed by atoms with E-state index in [0.29, 0.717) is 5.69 Å². The van der Waals surface area contributed by atoms with Crippen LogP contribution in [0.2, 0.25) is 0 Å². The maximum Gasteiger partial charge on any atom is 0.146 e. The van der Waals surface area contributed by atoms with E-state index in [1.54, 1.807) is 12.3 Å². The summed E-state index contributed by atoms with van der Waals surface area (Å²) < 4.78 is 13.4. The molecule has 0 saturated heterocycles. The number of halogens is 1. The molecule has 1 aromatic heterocycles. The minimum atomic E-state index is -0.283. The molecule has 1 aromatic rings. The molecule has 3 heteroatoms. The number of hydrogen-bond acceptors (Lipinski definition) is 2. The fourth-order valence-corrected chi connectivity index (χ4v) is 2.31. The molecule has 1 heterocycles. The van der Waals surface area contributed by atoms with Gasteiger partial charge in [0.05, 0.1) is 5.69 Å². The molecular formula is C16H27FN2. The van der Waals surface area contributed by atoms with Crippen molar-refractivity contribution in [3.8, 4) is 0 Å². The first-order valence-electron chi connectivity index (χ1n) is 7.61. The van der Waals surface area contributed by atoms with Crippen LogP contribution in [-0.4, -0.2) is 4.98 Å². The third kappa shape index (κ3) is 6.67. The molecule has 1 atom stereocenters. The van der Waals surface area contributed by atoms with Crippen LogP contribution >= 0.6 is 0 Å². The zero-order chi connectivity index (χ0) is 13.9. The summed E-state index contributed by atoms with van der Waals surface area (Å²) in [5, 5.41) is 0. The Morgan fingerprint density at radius 1 is 1.11 bits per heavy atom. The van der Waals surface area contributed by atoms with Crippen LogP contribution in [0.25, 0.3) is 0 Å². The fourth-order valence-electron chi connectivity index (χ4n) is 2.31. The molecular weight excluding hydrogens is 239 g/mol. The van der Waals surface area contributed by atoms with Gasteiger partial charge >= 0.3 is 0 Å². The van der Waals surface area contributed by atoms with E-state index in [-0.39, 0.29) is 11.9 Å². The highest BCUT2D eigenvalue weighted by Gasteiger charge is 2.11. The molecule has 0 bridgehead atoms. The van der Waals surface area contributed by atoms with Crippen molar-refractivity contribution in [2.45, 2.75) is 70.8 Å². The number of nitrogens with two attached hydrogens (primary N) is 1. The van der Waals surface area contributed by atoms with Crippen LogP contribution in [0.15, 0.2) is 18.3 Å². The van der Waals surface area contributed by atoms with Gasteiger partial charge in [-0.05, 0) is 18.6 Å². The van der Waals surface area contributed by atoms with E-state index in [1.807, 2.05) is 0 Å². The van der Waals surface area contributed by atoms with E-state index in [1.165, 1.54) is 51.0 Å². The first-order chi connectivity index (χ1) is 9.25. The molecule has 0 aliphatic carbocycles. The minimum absolute atomic E-state index is 0.263. The highest BCUT2D eigenvalue weighted by atomic mass is 19.1. The van der Waals surface area contributed by atoms with E-state index < -0.39 is 0 Å². The highest BCUT2D eigenvalue weighted by Crippen LogP contribution is 2.18. The van der Waals surface area contributed by atoms with E-state index in [9.17, 15) is 4.39 Å². The summed E-state index contributed by atoms with van der Waals surface area (Å²) in [6.07, 6.45) is 12.6. The molecule has 0 aliphatic rings. The second-order valence-electron chi connectivity index (χ2n) is 5.24. The maximum absolute atomic E-state index is 13.4. The van der Waals surface area contributed by atoms with Crippen LogP contribution < -0.4 is 5.73 Å². The molecule has 1 unspecified atom stereocenters. The number of unbranched alkanes of at least 4 members (excludes halogenated alkanes) is 7. The smallest absolute Gasteiger partial charge is 0.146 e. The quantitative estimate of drug-likeness (QED) is 0.621. The van der Waals surface area contributed by atoms with Crippen LogP contribution in [0.5, 0.6) is 0 Å². The van der Waals surface area contributed by atoms with Crippen molar-refractivity contribution in [1.82, 2.24) is 4.98 Å². The second kappa shape index (κ2) is 9.90. The summed E-state index contributed by atoms with van der Waals surface area (Å²) in [5.41, 5.74) is 6.38. The fraction of sp³-hybridized carbons (Fsp3) is 0.688. The standard InChI is InChI=1S/C16H27FN2/c1-2-3-4-5-6-7-8-9-12-15(18)16-14(17)11-10-13-19-16/h10-11,13,15H,2-9,12,18H2,1H3. The number of nitrogens with zero attached hydrogens (tertiary/aromatic N) is 1. The van der Waals surface area contributed by atoms with Crippen LogP contribution in [0.1, 0.15) is 76.4 Å². The average molecular weight is 266 g/mol. The Hall–Kier alpha value is -0.960. The van der Waals surface area contributed by atoms with Gasteiger partial charge in [-0.3, -0.25) is 4.98 Å². The van der Waals surface area contributed by atoms with Gasteiger partial charge in [-0.15, -0.1) is 0 Å². The molecule has 0 saturated carbocycles. The Morgan fingerprint density at radius 3 is 2.37 bits per heavy atom. The van der Waals surface area contributed by atoms with Gasteiger partial charge in [-0.1, -0.05) is 58.3 Å². The largest absolute Gasteiger partial charge is 0.323 e. The first-order valence-corrected chi connectivity index (χ1v) is 7.61. The third-order valence-corrected chi connectivity index (χ3v) is 3.51. The van der Waals surface area contributed by atoms with Gasteiger partial charge in [0.25, 0.3) is 0 Å². The summed E-state index contributed by atoms with van der Waals surface area (Å²) in [6.45, 7) is 2.23. The summed E-state index contributed by atoms with van der Waals surface area (Å²) in [7, 11) is 0. The van der Waals surface area contributed by atoms with E-state index in [0.717, 1.165) is 12.8 Å². The first kappa shape index (κ1) is 16.1. The number of rotatable bonds is 10. The molecule has 0 amide bonds. The Kier molecular flexibility index (Phi) is 8.39. The molecule has 2 nitrogen and oxygen atoms in total. The van der Waals surface area contributed by atoms with Gasteiger partial charge in [0, 0.05) is 12.2 Å². The van der Waals surface area contributed by atoms with Crippen molar-refractivity contribution in [3.63, 3.8) is 0 Å². The SMILES string of the molecule is CCCCCCCCCCC(N)c1ncccc1F. The number of aromatic nitrogens is 1. The van der Waals surface area contributed by atoms with Crippen molar-refractivity contribution < 1.29 is 4.39 Å². The normalized spacial score (nSPS) is 12.6. The molecule has 0 fully saturated rings. The van der Waals surface area contributed by atoms with Gasteiger partial charge in [-0.25, -0.2) is 4.39 Å². The molecule has 0 aromatic carbocycles. The molecule has 108 valence electrons. The molecule has 0 spiro atoms. The van der Waals surface area contributed by atoms with Crippen molar-refractivity contribution in [3.05, 3.63) is 29.8 Å². The van der Waals surface area contributed by atoms with Crippen molar-refractivity contribution >= 4 is 0 Å². The lowest BCUT2D eigenvalue weighted by Crippen LogP contribution is -2.13. The number of pyridine rings is 1. The molecule has 1 rings (SSSR count). The zero-order valence-corrected chi connectivity index (χ0v) is 12.1. The minimum Gasteiger partial charge on any atom is -0.323 e. The van der Waals surface area contributed by atoms with E-state index >= 15 is 0 Å². The zero-order valence-electron chi connectivity index (χ0n) is 12.1. The van der Waals surface area contributed by atoms with Crippen molar-refractivity contribution in [2.75, 3.05) is 0 Å².